The molecule has 3 rings (SSSR count). The summed E-state index contributed by atoms with van der Waals surface area (Å²) >= 11 is 0. The number of aromatic nitrogens is 1. The minimum Gasteiger partial charge on any atom is -0.387 e. The van der Waals surface area contributed by atoms with E-state index in [0.29, 0.717) is 12.0 Å². The van der Waals surface area contributed by atoms with Crippen molar-refractivity contribution in [2.45, 2.75) is 23.5 Å². The zero-order chi connectivity index (χ0) is 15.0. The molecule has 21 heavy (non-hydrogen) atoms. The molecule has 0 radical (unpaired) electrons. The standard InChI is InChI=1S/C15H16N2O3S/c1-17-13(10-11-6-4-5-9-16-11)15(18)12-7-2-3-8-14(12)21(17,19)20/h2-9,13,15,18H,10H2,1H3/t13-,15+/m0/s1. The van der Waals surface area contributed by atoms with Gasteiger partial charge in [0.15, 0.2) is 0 Å². The third-order valence-corrected chi connectivity index (χ3v) is 5.83. The Morgan fingerprint density at radius 1 is 1.19 bits per heavy atom. The molecule has 1 aliphatic heterocycles. The number of benzene rings is 1. The molecule has 5 nitrogen and oxygen atoms in total. The van der Waals surface area contributed by atoms with Crippen LogP contribution < -0.4 is 0 Å². The van der Waals surface area contributed by atoms with Gasteiger partial charge in [0.05, 0.1) is 17.0 Å². The molecule has 2 aromatic rings. The van der Waals surface area contributed by atoms with Crippen LogP contribution in [0.2, 0.25) is 0 Å². The van der Waals surface area contributed by atoms with E-state index < -0.39 is 22.2 Å². The molecule has 2 atom stereocenters. The largest absolute Gasteiger partial charge is 0.387 e. The second kappa shape index (κ2) is 5.22. The first-order valence-corrected chi connectivity index (χ1v) is 8.11. The number of aliphatic hydroxyl groups is 1. The summed E-state index contributed by atoms with van der Waals surface area (Å²) in [5.41, 5.74) is 1.21. The van der Waals surface area contributed by atoms with Gasteiger partial charge in [-0.25, -0.2) is 8.42 Å². The quantitative estimate of drug-likeness (QED) is 0.909. The molecule has 0 fully saturated rings. The molecule has 0 spiro atoms. The maximum absolute atomic E-state index is 12.5. The second-order valence-corrected chi connectivity index (χ2v) is 7.06. The minimum atomic E-state index is -3.58. The van der Waals surface area contributed by atoms with Gasteiger partial charge in [-0.3, -0.25) is 4.98 Å². The lowest BCUT2D eigenvalue weighted by molar-refractivity contribution is 0.0887. The van der Waals surface area contributed by atoms with E-state index in [9.17, 15) is 13.5 Å². The molecule has 6 heteroatoms. The van der Waals surface area contributed by atoms with Gasteiger partial charge in [0.1, 0.15) is 0 Å². The fraction of sp³-hybridized carbons (Fsp3) is 0.267. The highest BCUT2D eigenvalue weighted by atomic mass is 32.2. The Morgan fingerprint density at radius 2 is 1.90 bits per heavy atom. The van der Waals surface area contributed by atoms with Crippen molar-refractivity contribution in [1.82, 2.24) is 9.29 Å². The third-order valence-electron chi connectivity index (χ3n) is 3.87. The van der Waals surface area contributed by atoms with Gasteiger partial charge in [-0.2, -0.15) is 4.31 Å². The molecule has 1 aliphatic rings. The highest BCUT2D eigenvalue weighted by molar-refractivity contribution is 7.89. The van der Waals surface area contributed by atoms with E-state index in [1.807, 2.05) is 12.1 Å². The van der Waals surface area contributed by atoms with Crippen molar-refractivity contribution in [3.8, 4) is 0 Å². The van der Waals surface area contributed by atoms with E-state index in [2.05, 4.69) is 4.98 Å². The van der Waals surface area contributed by atoms with Crippen LogP contribution in [-0.2, 0) is 16.4 Å². The molecule has 0 unspecified atom stereocenters. The number of rotatable bonds is 2. The lowest BCUT2D eigenvalue weighted by atomic mass is 9.98. The SMILES string of the molecule is CN1[C@@H](Cc2ccccn2)[C@H](O)c2ccccc2S1(=O)=O. The topological polar surface area (TPSA) is 70.5 Å². The number of aliphatic hydroxyl groups excluding tert-OH is 1. The molecule has 1 aromatic heterocycles. The van der Waals surface area contributed by atoms with Gasteiger partial charge < -0.3 is 5.11 Å². The van der Waals surface area contributed by atoms with Gasteiger partial charge >= 0.3 is 0 Å². The van der Waals surface area contributed by atoms with Crippen molar-refractivity contribution in [2.75, 3.05) is 7.05 Å². The van der Waals surface area contributed by atoms with Crippen molar-refractivity contribution >= 4 is 10.0 Å². The first-order chi connectivity index (χ1) is 10.0. The van der Waals surface area contributed by atoms with Crippen LogP contribution in [0.15, 0.2) is 53.6 Å². The van der Waals surface area contributed by atoms with Crippen LogP contribution in [0.25, 0.3) is 0 Å². The van der Waals surface area contributed by atoms with Gasteiger partial charge in [0, 0.05) is 30.9 Å². The molecular weight excluding hydrogens is 288 g/mol. The Bertz CT molecular complexity index is 747. The Balaban J connectivity index is 2.04. The normalized spacial score (nSPS) is 24.5. The number of nitrogens with zero attached hydrogens (tertiary/aromatic N) is 2. The second-order valence-electron chi connectivity index (χ2n) is 5.10. The molecule has 0 saturated carbocycles. The van der Waals surface area contributed by atoms with E-state index in [-0.39, 0.29) is 4.90 Å². The van der Waals surface area contributed by atoms with Crippen LogP contribution in [-0.4, -0.2) is 35.9 Å². The summed E-state index contributed by atoms with van der Waals surface area (Å²) in [7, 11) is -2.08. The number of likely N-dealkylation sites (N-methyl/N-ethyl adjacent to an activating group) is 1. The molecule has 1 aromatic carbocycles. The Kier molecular flexibility index (Phi) is 3.52. The minimum absolute atomic E-state index is 0.178. The fourth-order valence-corrected chi connectivity index (χ4v) is 4.27. The van der Waals surface area contributed by atoms with Gasteiger partial charge in [-0.05, 0) is 18.2 Å². The Hall–Kier alpha value is -1.76. The lowest BCUT2D eigenvalue weighted by Crippen LogP contribution is -2.46. The summed E-state index contributed by atoms with van der Waals surface area (Å²) < 4.78 is 26.3. The van der Waals surface area contributed by atoms with E-state index in [1.54, 1.807) is 30.5 Å². The summed E-state index contributed by atoms with van der Waals surface area (Å²) in [5.74, 6) is 0. The zero-order valence-electron chi connectivity index (χ0n) is 11.5. The number of pyridine rings is 1. The fourth-order valence-electron chi connectivity index (χ4n) is 2.67. The molecule has 110 valence electrons. The predicted octanol–water partition coefficient (Wildman–Crippen LogP) is 1.36. The lowest BCUT2D eigenvalue weighted by Gasteiger charge is -2.36. The molecule has 2 heterocycles. The first-order valence-electron chi connectivity index (χ1n) is 6.67. The van der Waals surface area contributed by atoms with E-state index in [0.717, 1.165) is 5.69 Å². The van der Waals surface area contributed by atoms with Crippen molar-refractivity contribution in [1.29, 1.82) is 0 Å². The predicted molar refractivity (Wildman–Crippen MR) is 78.1 cm³/mol. The van der Waals surface area contributed by atoms with Crippen LogP contribution in [0.3, 0.4) is 0 Å². The van der Waals surface area contributed by atoms with Crippen molar-refractivity contribution in [2.24, 2.45) is 0 Å². The zero-order valence-corrected chi connectivity index (χ0v) is 12.4. The maximum Gasteiger partial charge on any atom is 0.243 e. The van der Waals surface area contributed by atoms with Crippen molar-refractivity contribution in [3.05, 3.63) is 59.9 Å². The highest BCUT2D eigenvalue weighted by Gasteiger charge is 2.41. The summed E-state index contributed by atoms with van der Waals surface area (Å²) in [6.07, 6.45) is 1.16. The Labute approximate surface area is 123 Å². The monoisotopic (exact) mass is 304 g/mol. The van der Waals surface area contributed by atoms with E-state index in [1.165, 1.54) is 17.4 Å². The molecule has 0 aliphatic carbocycles. The molecular formula is C15H16N2O3S. The molecule has 1 N–H and O–H groups in total. The molecule has 0 saturated heterocycles. The van der Waals surface area contributed by atoms with Gasteiger partial charge in [-0.15, -0.1) is 0 Å². The van der Waals surface area contributed by atoms with Crippen LogP contribution in [0, 0.1) is 0 Å². The van der Waals surface area contributed by atoms with Crippen LogP contribution in [0.4, 0.5) is 0 Å². The van der Waals surface area contributed by atoms with Crippen molar-refractivity contribution in [3.63, 3.8) is 0 Å². The summed E-state index contributed by atoms with van der Waals surface area (Å²) in [5, 5.41) is 10.6. The number of fused-ring (bicyclic) bond motifs is 1. The van der Waals surface area contributed by atoms with Crippen LogP contribution in [0.5, 0.6) is 0 Å². The van der Waals surface area contributed by atoms with Gasteiger partial charge in [-0.1, -0.05) is 24.3 Å². The molecule has 0 bridgehead atoms. The number of hydrogen-bond acceptors (Lipinski definition) is 4. The summed E-state index contributed by atoms with van der Waals surface area (Å²) in [6.45, 7) is 0. The third kappa shape index (κ3) is 2.35. The van der Waals surface area contributed by atoms with Crippen LogP contribution >= 0.6 is 0 Å². The van der Waals surface area contributed by atoms with Gasteiger partial charge in [0.25, 0.3) is 0 Å². The van der Waals surface area contributed by atoms with Gasteiger partial charge in [0.2, 0.25) is 10.0 Å². The van der Waals surface area contributed by atoms with Crippen molar-refractivity contribution < 1.29 is 13.5 Å². The van der Waals surface area contributed by atoms with Crippen LogP contribution in [0.1, 0.15) is 17.4 Å². The van der Waals surface area contributed by atoms with E-state index in [4.69, 9.17) is 0 Å². The average molecular weight is 304 g/mol. The summed E-state index contributed by atoms with van der Waals surface area (Å²) in [4.78, 5) is 4.39. The smallest absolute Gasteiger partial charge is 0.243 e. The number of hydrogen-bond donors (Lipinski definition) is 1. The highest BCUT2D eigenvalue weighted by Crippen LogP contribution is 2.36. The average Bonchev–Trinajstić information content (AvgIpc) is 2.51. The maximum atomic E-state index is 12.5. The molecule has 0 amide bonds. The summed E-state index contributed by atoms with van der Waals surface area (Å²) in [6, 6.07) is 11.5. The first kappa shape index (κ1) is 14.2. The van der Waals surface area contributed by atoms with E-state index >= 15 is 0 Å². The number of sulfonamides is 1. The Morgan fingerprint density at radius 3 is 2.62 bits per heavy atom.